The molecule has 0 bridgehead atoms. The van der Waals surface area contributed by atoms with E-state index >= 15 is 0 Å². The molecule has 1 aromatic rings. The van der Waals surface area contributed by atoms with E-state index in [2.05, 4.69) is 13.8 Å². The van der Waals surface area contributed by atoms with E-state index in [-0.39, 0.29) is 5.82 Å². The Morgan fingerprint density at radius 1 is 1.27 bits per heavy atom. The van der Waals surface area contributed by atoms with Crippen molar-refractivity contribution in [1.29, 1.82) is 0 Å². The second-order valence-corrected chi connectivity index (χ2v) is 3.68. The fourth-order valence-electron chi connectivity index (χ4n) is 1.35. The highest BCUT2D eigenvalue weighted by Crippen LogP contribution is 2.27. The summed E-state index contributed by atoms with van der Waals surface area (Å²) in [5.41, 5.74) is 1.02. The van der Waals surface area contributed by atoms with Crippen molar-refractivity contribution in [1.82, 2.24) is 0 Å². The fourth-order valence-corrected chi connectivity index (χ4v) is 1.35. The minimum absolute atomic E-state index is 0.271. The number of hydrogen-bond donors (Lipinski definition) is 0. The van der Waals surface area contributed by atoms with Crippen LogP contribution in [0.1, 0.15) is 25.3 Å². The monoisotopic (exact) mass is 212 g/mol. The maximum Gasteiger partial charge on any atom is 0.126 e. The Bertz CT molecular complexity index is 310. The molecule has 0 aliphatic carbocycles. The molecule has 0 N–H and O–H groups in total. The Balaban J connectivity index is 2.77. The number of methoxy groups -OCH3 is 1. The van der Waals surface area contributed by atoms with E-state index in [1.807, 2.05) is 0 Å². The summed E-state index contributed by atoms with van der Waals surface area (Å²) in [5, 5.41) is 0. The summed E-state index contributed by atoms with van der Waals surface area (Å²) < 4.78 is 23.3. The van der Waals surface area contributed by atoms with E-state index in [9.17, 15) is 4.39 Å². The minimum Gasteiger partial charge on any atom is -0.491 e. The maximum absolute atomic E-state index is 13.0. The molecule has 0 saturated heterocycles. The third-order valence-electron chi connectivity index (χ3n) is 2.14. The molecule has 3 heteroatoms. The van der Waals surface area contributed by atoms with Gasteiger partial charge >= 0.3 is 0 Å². The molecule has 0 heterocycles. The summed E-state index contributed by atoms with van der Waals surface area (Å²) in [4.78, 5) is 0. The van der Waals surface area contributed by atoms with Gasteiger partial charge in [0.25, 0.3) is 0 Å². The maximum atomic E-state index is 13.0. The van der Waals surface area contributed by atoms with Gasteiger partial charge in [0.05, 0.1) is 6.61 Å². The predicted octanol–water partition coefficient (Wildman–Crippen LogP) is 2.97. The first-order valence-corrected chi connectivity index (χ1v) is 5.06. The molecule has 84 valence electrons. The molecule has 0 amide bonds. The highest BCUT2D eigenvalue weighted by Gasteiger charge is 2.08. The molecule has 15 heavy (non-hydrogen) atoms. The Morgan fingerprint density at radius 2 is 2.00 bits per heavy atom. The molecule has 0 radical (unpaired) electrons. The van der Waals surface area contributed by atoms with E-state index < -0.39 is 0 Å². The topological polar surface area (TPSA) is 18.5 Å². The zero-order chi connectivity index (χ0) is 11.3. The quantitative estimate of drug-likeness (QED) is 0.698. The van der Waals surface area contributed by atoms with Crippen LogP contribution in [0.3, 0.4) is 0 Å². The van der Waals surface area contributed by atoms with Gasteiger partial charge in [-0.2, -0.15) is 0 Å². The average molecular weight is 212 g/mol. The van der Waals surface area contributed by atoms with Gasteiger partial charge in [0.15, 0.2) is 0 Å². The van der Waals surface area contributed by atoms with Gasteiger partial charge in [-0.1, -0.05) is 19.9 Å². The average Bonchev–Trinajstić information content (AvgIpc) is 2.18. The van der Waals surface area contributed by atoms with Crippen molar-refractivity contribution >= 4 is 0 Å². The Hall–Kier alpha value is -1.09. The molecule has 0 atom stereocenters. The summed E-state index contributed by atoms with van der Waals surface area (Å²) in [7, 11) is 1.61. The van der Waals surface area contributed by atoms with Crippen LogP contribution in [-0.4, -0.2) is 20.3 Å². The summed E-state index contributed by atoms with van der Waals surface area (Å²) in [5.74, 6) is 0.664. The van der Waals surface area contributed by atoms with Gasteiger partial charge < -0.3 is 9.47 Å². The van der Waals surface area contributed by atoms with Crippen LogP contribution in [0.2, 0.25) is 0 Å². The van der Waals surface area contributed by atoms with Gasteiger partial charge in [-0.3, -0.25) is 0 Å². The van der Waals surface area contributed by atoms with Crippen molar-refractivity contribution in [3.05, 3.63) is 29.6 Å². The van der Waals surface area contributed by atoms with Gasteiger partial charge in [-0.25, -0.2) is 4.39 Å². The largest absolute Gasteiger partial charge is 0.491 e. The first-order valence-electron chi connectivity index (χ1n) is 5.06. The third-order valence-corrected chi connectivity index (χ3v) is 2.14. The molecule has 0 fully saturated rings. The first kappa shape index (κ1) is 12.0. The lowest BCUT2D eigenvalue weighted by molar-refractivity contribution is 0.145. The van der Waals surface area contributed by atoms with Crippen molar-refractivity contribution in [3.8, 4) is 5.75 Å². The van der Waals surface area contributed by atoms with Gasteiger partial charge in [0.2, 0.25) is 0 Å². The molecule has 1 rings (SSSR count). The smallest absolute Gasteiger partial charge is 0.126 e. The highest BCUT2D eigenvalue weighted by atomic mass is 19.1. The Kier molecular flexibility index (Phi) is 4.56. The molecule has 0 unspecified atom stereocenters. The molecule has 0 aliphatic heterocycles. The Labute approximate surface area is 90.0 Å². The van der Waals surface area contributed by atoms with Crippen LogP contribution in [-0.2, 0) is 4.74 Å². The zero-order valence-corrected chi connectivity index (χ0v) is 9.42. The van der Waals surface area contributed by atoms with Crippen molar-refractivity contribution in [3.63, 3.8) is 0 Å². The van der Waals surface area contributed by atoms with E-state index in [0.29, 0.717) is 24.9 Å². The highest BCUT2D eigenvalue weighted by molar-refractivity contribution is 5.36. The van der Waals surface area contributed by atoms with Crippen molar-refractivity contribution in [2.75, 3.05) is 20.3 Å². The SMILES string of the molecule is COCCOc1cc(F)ccc1C(C)C. The van der Waals surface area contributed by atoms with E-state index in [0.717, 1.165) is 5.56 Å². The van der Waals surface area contributed by atoms with Crippen molar-refractivity contribution in [2.45, 2.75) is 19.8 Å². The molecular formula is C12H17FO2. The second-order valence-electron chi connectivity index (χ2n) is 3.68. The van der Waals surface area contributed by atoms with E-state index in [1.54, 1.807) is 13.2 Å². The second kappa shape index (κ2) is 5.71. The van der Waals surface area contributed by atoms with Crippen LogP contribution in [0.25, 0.3) is 0 Å². The third kappa shape index (κ3) is 3.51. The van der Waals surface area contributed by atoms with Gasteiger partial charge in [0.1, 0.15) is 18.2 Å². The van der Waals surface area contributed by atoms with Crippen molar-refractivity contribution in [2.24, 2.45) is 0 Å². The Morgan fingerprint density at radius 3 is 2.60 bits per heavy atom. The van der Waals surface area contributed by atoms with Gasteiger partial charge in [0, 0.05) is 13.2 Å². The summed E-state index contributed by atoms with van der Waals surface area (Å²) in [6.07, 6.45) is 0. The van der Waals surface area contributed by atoms with Gasteiger partial charge in [-0.05, 0) is 17.5 Å². The lowest BCUT2D eigenvalue weighted by Crippen LogP contribution is -2.06. The zero-order valence-electron chi connectivity index (χ0n) is 9.42. The number of halogens is 1. The van der Waals surface area contributed by atoms with Crippen LogP contribution < -0.4 is 4.74 Å². The normalized spacial score (nSPS) is 10.7. The van der Waals surface area contributed by atoms with Crippen LogP contribution in [0.5, 0.6) is 5.75 Å². The summed E-state index contributed by atoms with van der Waals surface area (Å²) >= 11 is 0. The summed E-state index contributed by atoms with van der Waals surface area (Å²) in [6.45, 7) is 5.06. The predicted molar refractivity (Wildman–Crippen MR) is 57.9 cm³/mol. The van der Waals surface area contributed by atoms with Crippen LogP contribution >= 0.6 is 0 Å². The molecule has 0 aromatic heterocycles. The van der Waals surface area contributed by atoms with Gasteiger partial charge in [-0.15, -0.1) is 0 Å². The van der Waals surface area contributed by atoms with Crippen LogP contribution in [0.15, 0.2) is 18.2 Å². The summed E-state index contributed by atoms with van der Waals surface area (Å²) in [6, 6.07) is 4.64. The standard InChI is InChI=1S/C12H17FO2/c1-9(2)11-5-4-10(13)8-12(11)15-7-6-14-3/h4-5,8-9H,6-7H2,1-3H3. The molecule has 1 aromatic carbocycles. The number of hydrogen-bond acceptors (Lipinski definition) is 2. The van der Waals surface area contributed by atoms with E-state index in [4.69, 9.17) is 9.47 Å². The molecule has 0 saturated carbocycles. The minimum atomic E-state index is -0.271. The van der Waals surface area contributed by atoms with Crippen LogP contribution in [0, 0.1) is 5.82 Å². The van der Waals surface area contributed by atoms with Crippen LogP contribution in [0.4, 0.5) is 4.39 Å². The molecule has 0 aliphatic rings. The lowest BCUT2D eigenvalue weighted by Gasteiger charge is -2.13. The molecular weight excluding hydrogens is 195 g/mol. The number of benzene rings is 1. The molecule has 0 spiro atoms. The van der Waals surface area contributed by atoms with Crippen molar-refractivity contribution < 1.29 is 13.9 Å². The number of rotatable bonds is 5. The first-order chi connectivity index (χ1) is 7.15. The van der Waals surface area contributed by atoms with E-state index in [1.165, 1.54) is 12.1 Å². The lowest BCUT2D eigenvalue weighted by atomic mass is 10.0. The number of ether oxygens (including phenoxy) is 2. The molecule has 2 nitrogen and oxygen atoms in total. The fraction of sp³-hybridized carbons (Fsp3) is 0.500.